The van der Waals surface area contributed by atoms with E-state index in [9.17, 15) is 25.0 Å². The average molecular weight is 314 g/mol. The minimum atomic E-state index is -0.588. The van der Waals surface area contributed by atoms with E-state index in [1.807, 2.05) is 0 Å². The van der Waals surface area contributed by atoms with Crippen LogP contribution in [-0.2, 0) is 6.54 Å². The number of rotatable bonds is 5. The first-order valence-electron chi connectivity index (χ1n) is 6.80. The topological polar surface area (TPSA) is 103 Å². The van der Waals surface area contributed by atoms with Crippen LogP contribution in [-0.4, -0.2) is 15.6 Å². The Morgan fingerprint density at radius 2 is 1.70 bits per heavy atom. The fourth-order valence-electron chi connectivity index (χ4n) is 2.27. The van der Waals surface area contributed by atoms with E-state index < -0.39 is 22.2 Å². The molecule has 0 bridgehead atoms. The van der Waals surface area contributed by atoms with Gasteiger partial charge in [-0.05, 0) is 37.1 Å². The van der Waals surface area contributed by atoms with E-state index >= 15 is 0 Å². The van der Waals surface area contributed by atoms with E-state index in [4.69, 9.17) is 0 Å². The summed E-state index contributed by atoms with van der Waals surface area (Å²) in [5, 5.41) is 21.7. The Bertz CT molecular complexity index is 814. The Balaban J connectivity index is 2.54. The zero-order valence-corrected chi connectivity index (χ0v) is 12.6. The summed E-state index contributed by atoms with van der Waals surface area (Å²) >= 11 is 0. The molecule has 7 nitrogen and oxygen atoms in total. The van der Waals surface area contributed by atoms with E-state index in [0.29, 0.717) is 5.56 Å². The van der Waals surface area contributed by atoms with Crippen molar-refractivity contribution < 1.29 is 14.6 Å². The first-order valence-corrected chi connectivity index (χ1v) is 6.80. The van der Waals surface area contributed by atoms with Gasteiger partial charge in [0.05, 0.1) is 4.92 Å². The molecule has 0 amide bonds. The van der Waals surface area contributed by atoms with Crippen LogP contribution in [0, 0.1) is 34.1 Å². The number of nitro benzene ring substituents is 1. The van der Waals surface area contributed by atoms with Crippen molar-refractivity contribution in [3.05, 3.63) is 84.4 Å². The lowest BCUT2D eigenvalue weighted by atomic mass is 9.94. The number of benzene rings is 2. The van der Waals surface area contributed by atoms with Crippen LogP contribution >= 0.6 is 0 Å². The van der Waals surface area contributed by atoms with Crippen molar-refractivity contribution in [2.45, 2.75) is 20.4 Å². The van der Waals surface area contributed by atoms with E-state index in [2.05, 4.69) is 0 Å². The molecule has 2 aromatic rings. The monoisotopic (exact) mass is 314 g/mol. The predicted octanol–water partition coefficient (Wildman–Crippen LogP) is 3.22. The maximum Gasteiger partial charge on any atom is 0.270 e. The number of hydrogen-bond acceptors (Lipinski definition) is 5. The second-order valence-corrected chi connectivity index (χ2v) is 5.22. The molecule has 0 saturated carbocycles. The smallest absolute Gasteiger partial charge is 0.270 e. The largest absolute Gasteiger partial charge is 0.289 e. The van der Waals surface area contributed by atoms with Gasteiger partial charge >= 0.3 is 0 Å². The highest BCUT2D eigenvalue weighted by atomic mass is 16.6. The van der Waals surface area contributed by atoms with Gasteiger partial charge in [-0.15, -0.1) is 0 Å². The second-order valence-electron chi connectivity index (χ2n) is 5.22. The van der Waals surface area contributed by atoms with Crippen LogP contribution in [0.15, 0.2) is 36.4 Å². The van der Waals surface area contributed by atoms with E-state index in [-0.39, 0.29) is 16.8 Å². The minimum Gasteiger partial charge on any atom is -0.289 e. The van der Waals surface area contributed by atoms with Gasteiger partial charge in [0, 0.05) is 33.7 Å². The van der Waals surface area contributed by atoms with Crippen LogP contribution < -0.4 is 0 Å². The average Bonchev–Trinajstić information content (AvgIpc) is 2.49. The lowest BCUT2D eigenvalue weighted by Gasteiger charge is -2.10. The molecule has 0 spiro atoms. The summed E-state index contributed by atoms with van der Waals surface area (Å²) in [6, 6.07) is 8.54. The number of ketones is 1. The van der Waals surface area contributed by atoms with Gasteiger partial charge in [0.25, 0.3) is 5.69 Å². The predicted molar refractivity (Wildman–Crippen MR) is 83.1 cm³/mol. The molecule has 0 saturated heterocycles. The first kappa shape index (κ1) is 16.3. The highest BCUT2D eigenvalue weighted by molar-refractivity contribution is 6.10. The molecule has 0 atom stereocenters. The SMILES string of the molecule is Cc1cc(C[N+](=O)[O-])c(C(=O)c2cccc([N+](=O)[O-])c2)cc1C. The number of carbonyl (C=O) groups excluding carboxylic acids is 1. The number of non-ortho nitro benzene ring substituents is 1. The first-order chi connectivity index (χ1) is 10.8. The summed E-state index contributed by atoms with van der Waals surface area (Å²) in [5.74, 6) is -0.464. The Morgan fingerprint density at radius 3 is 2.30 bits per heavy atom. The molecule has 0 aliphatic rings. The van der Waals surface area contributed by atoms with E-state index in [1.165, 1.54) is 24.3 Å². The van der Waals surface area contributed by atoms with Gasteiger partial charge in [-0.25, -0.2) is 0 Å². The molecule has 0 radical (unpaired) electrons. The minimum absolute atomic E-state index is 0.132. The van der Waals surface area contributed by atoms with Gasteiger partial charge in [0.1, 0.15) is 0 Å². The second kappa shape index (κ2) is 6.35. The molecule has 0 heterocycles. The van der Waals surface area contributed by atoms with Crippen LogP contribution in [0.2, 0.25) is 0 Å². The zero-order valence-electron chi connectivity index (χ0n) is 12.6. The number of aryl methyl sites for hydroxylation is 2. The summed E-state index contributed by atoms with van der Waals surface area (Å²) < 4.78 is 0. The van der Waals surface area contributed by atoms with Crippen molar-refractivity contribution in [2.24, 2.45) is 0 Å². The van der Waals surface area contributed by atoms with Crippen molar-refractivity contribution in [3.8, 4) is 0 Å². The van der Waals surface area contributed by atoms with E-state index in [0.717, 1.165) is 11.1 Å². The molecule has 0 aliphatic heterocycles. The van der Waals surface area contributed by atoms with Crippen molar-refractivity contribution in [1.29, 1.82) is 0 Å². The lowest BCUT2D eigenvalue weighted by molar-refractivity contribution is -0.496. The Labute approximate surface area is 131 Å². The third kappa shape index (κ3) is 3.57. The van der Waals surface area contributed by atoms with Gasteiger partial charge in [-0.2, -0.15) is 0 Å². The molecule has 0 aliphatic carbocycles. The summed E-state index contributed by atoms with van der Waals surface area (Å²) in [5.41, 5.74) is 2.10. The molecular formula is C16H14N2O5. The van der Waals surface area contributed by atoms with Crippen molar-refractivity contribution in [2.75, 3.05) is 0 Å². The van der Waals surface area contributed by atoms with Crippen molar-refractivity contribution in [3.63, 3.8) is 0 Å². The quantitative estimate of drug-likeness (QED) is 0.479. The van der Waals surface area contributed by atoms with Crippen LogP contribution in [0.25, 0.3) is 0 Å². The lowest BCUT2D eigenvalue weighted by Crippen LogP contribution is -2.10. The molecule has 7 heteroatoms. The van der Waals surface area contributed by atoms with E-state index in [1.54, 1.807) is 26.0 Å². The number of nitro groups is 2. The standard InChI is InChI=1S/C16H14N2O5/c1-10-6-13(9-17(20)21)15(7-11(10)2)16(19)12-4-3-5-14(8-12)18(22)23/h3-8H,9H2,1-2H3. The number of hydrogen-bond donors (Lipinski definition) is 0. The number of nitrogens with zero attached hydrogens (tertiary/aromatic N) is 2. The molecule has 0 N–H and O–H groups in total. The summed E-state index contributed by atoms with van der Waals surface area (Å²) in [6.45, 7) is 3.13. The Morgan fingerprint density at radius 1 is 1.04 bits per heavy atom. The maximum atomic E-state index is 12.6. The summed E-state index contributed by atoms with van der Waals surface area (Å²) in [4.78, 5) is 33.2. The Kier molecular flexibility index (Phi) is 4.49. The fraction of sp³-hybridized carbons (Fsp3) is 0.188. The van der Waals surface area contributed by atoms with Gasteiger partial charge in [-0.1, -0.05) is 12.1 Å². The van der Waals surface area contributed by atoms with Crippen LogP contribution in [0.1, 0.15) is 32.6 Å². The molecule has 0 unspecified atom stereocenters. The van der Waals surface area contributed by atoms with Gasteiger partial charge < -0.3 is 0 Å². The van der Waals surface area contributed by atoms with Crippen LogP contribution in [0.3, 0.4) is 0 Å². The number of carbonyl (C=O) groups is 1. The van der Waals surface area contributed by atoms with Crippen molar-refractivity contribution in [1.82, 2.24) is 0 Å². The third-order valence-corrected chi connectivity index (χ3v) is 3.58. The molecule has 23 heavy (non-hydrogen) atoms. The summed E-state index contributed by atoms with van der Waals surface area (Å²) in [7, 11) is 0. The zero-order chi connectivity index (χ0) is 17.1. The third-order valence-electron chi connectivity index (χ3n) is 3.58. The van der Waals surface area contributed by atoms with Crippen LogP contribution in [0.5, 0.6) is 0 Å². The molecule has 0 fully saturated rings. The van der Waals surface area contributed by atoms with Crippen molar-refractivity contribution >= 4 is 11.5 Å². The fourth-order valence-corrected chi connectivity index (χ4v) is 2.27. The Hall–Kier alpha value is -3.09. The molecule has 2 rings (SSSR count). The maximum absolute atomic E-state index is 12.6. The van der Waals surface area contributed by atoms with Gasteiger partial charge in [0.2, 0.25) is 6.54 Å². The molecular weight excluding hydrogens is 300 g/mol. The summed E-state index contributed by atoms with van der Waals surface area (Å²) in [6.07, 6.45) is 0. The van der Waals surface area contributed by atoms with Gasteiger partial charge in [-0.3, -0.25) is 25.0 Å². The highest BCUT2D eigenvalue weighted by Gasteiger charge is 2.19. The highest BCUT2D eigenvalue weighted by Crippen LogP contribution is 2.22. The molecule has 118 valence electrons. The van der Waals surface area contributed by atoms with Gasteiger partial charge in [0.15, 0.2) is 5.78 Å². The molecule has 2 aromatic carbocycles. The molecule has 0 aromatic heterocycles. The normalized spacial score (nSPS) is 10.3. The van der Waals surface area contributed by atoms with Crippen LogP contribution in [0.4, 0.5) is 5.69 Å².